The molecule has 5 aromatic rings. The van der Waals surface area contributed by atoms with Gasteiger partial charge >= 0.3 is 30.9 Å². The highest BCUT2D eigenvalue weighted by atomic mass is 19.4. The van der Waals surface area contributed by atoms with E-state index in [2.05, 4.69) is 13.0 Å². The summed E-state index contributed by atoms with van der Waals surface area (Å²) in [5.41, 5.74) is -5.66. The lowest BCUT2D eigenvalue weighted by Gasteiger charge is -2.41. The van der Waals surface area contributed by atoms with Crippen LogP contribution in [0.5, 0.6) is 0 Å². The van der Waals surface area contributed by atoms with E-state index in [4.69, 9.17) is 16.7 Å². The van der Waals surface area contributed by atoms with E-state index >= 15 is 0 Å². The maximum atomic E-state index is 13.2. The Labute approximate surface area is 824 Å². The predicted molar refractivity (Wildman–Crippen MR) is 501 cm³/mol. The molecule has 10 aliphatic rings. The van der Waals surface area contributed by atoms with Crippen molar-refractivity contribution in [1.29, 1.82) is 5.26 Å². The Bertz CT molecular complexity index is 4990. The minimum atomic E-state index is -4.81. The van der Waals surface area contributed by atoms with E-state index in [1.807, 2.05) is 38.3 Å². The second kappa shape index (κ2) is 43.2. The number of primary amides is 2. The number of nitrogens with two attached hydrogens (primary N) is 2. The summed E-state index contributed by atoms with van der Waals surface area (Å²) in [5.74, 6) is -1.58. The number of carbonyl (C=O) groups is 7. The molecule has 0 unspecified atom stereocenters. The molecule has 11 N–H and O–H groups in total. The monoisotopic (exact) mass is 2030 g/mol. The summed E-state index contributed by atoms with van der Waals surface area (Å²) in [5, 5.41) is 78.3. The molecule has 10 saturated carbocycles. The molecule has 0 saturated heterocycles. The zero-order valence-corrected chi connectivity index (χ0v) is 82.7. The lowest BCUT2D eigenvalue weighted by Crippen LogP contribution is -2.46. The number of aliphatic hydroxyl groups is 7. The first-order valence-corrected chi connectivity index (χ1v) is 49.5. The van der Waals surface area contributed by atoms with Gasteiger partial charge in [0.1, 0.15) is 0 Å². The third-order valence-electron chi connectivity index (χ3n) is 31.3. The first kappa shape index (κ1) is 114. The lowest BCUT2D eigenvalue weighted by atomic mass is 9.71. The van der Waals surface area contributed by atoms with Gasteiger partial charge in [-0.2, -0.15) is 71.1 Å². The highest BCUT2D eigenvalue weighted by Crippen LogP contribution is 2.51. The molecule has 0 aliphatic heterocycles. The number of halogens is 15. The van der Waals surface area contributed by atoms with Crippen LogP contribution < -0.4 is 11.5 Å². The van der Waals surface area contributed by atoms with E-state index in [0.717, 1.165) is 215 Å². The van der Waals surface area contributed by atoms with Gasteiger partial charge < -0.3 is 71.7 Å². The van der Waals surface area contributed by atoms with Gasteiger partial charge in [0, 0.05) is 107 Å². The van der Waals surface area contributed by atoms with Crippen molar-refractivity contribution in [2.24, 2.45) is 27.7 Å². The van der Waals surface area contributed by atoms with Gasteiger partial charge in [-0.1, -0.05) is 81.4 Å². The highest BCUT2D eigenvalue weighted by molar-refractivity contribution is 5.97. The van der Waals surface area contributed by atoms with Gasteiger partial charge in [0.15, 0.2) is 28.0 Å². The molecule has 10 aliphatic carbocycles. The number of nitriles is 1. The molecule has 0 radical (unpaired) electrons. The number of benzene rings is 5. The van der Waals surface area contributed by atoms with Crippen LogP contribution in [-0.4, -0.2) is 204 Å². The van der Waals surface area contributed by atoms with Crippen molar-refractivity contribution in [1.82, 2.24) is 24.5 Å². The van der Waals surface area contributed by atoms with E-state index in [1.54, 1.807) is 13.8 Å². The topological polar surface area (TPSA) is 353 Å². The summed E-state index contributed by atoms with van der Waals surface area (Å²) in [6.07, 6.45) is 1.54. The quantitative estimate of drug-likeness (QED) is 0.0245. The van der Waals surface area contributed by atoms with Gasteiger partial charge in [-0.05, 0) is 346 Å². The van der Waals surface area contributed by atoms with E-state index in [9.17, 15) is 135 Å². The molecule has 7 amide bonds. The number of carbonyl (C=O) groups excluding carboxylic acids is 7. The average Bonchev–Trinajstić information content (AvgIpc) is 1.70. The standard InChI is InChI=1S/2C22H29F3N2O3.C22H27F3N2O2.2C20H26F3NO3/c2*1-20(13-18(26)28)11-9-17(10-12-20)27(16-7-8-16)19(29)14-3-5-15(6-4-14)21(2,30)22(23,24)25;1-20(13-14-26)11-9-18(10-12-20)27(17-7-8-17)19(28)15-3-5-16(6-4-15)21(2,29)22(23,24)25;2*1-18(26)11-9-16(10-12-18)24(15-7-8-15)17(25)13-3-5-14(6-4-13)19(2,27)20(21,22)23/h2*3-6,16-17,30H,7-13H2,1-2H3,(H2,26,28);3-6,17-18,29H,7-13H2,1-2H3;2*3-6,15-16,26-27H,7-12H2,1-2H3/t2*17?,20?,21-;18?,20?,21-;2*16?,18?,19-/m00000/s1. The normalized spacial score (nSPS) is 27.4. The Balaban J connectivity index is 0.000000171. The third-order valence-corrected chi connectivity index (χ3v) is 31.3. The van der Waals surface area contributed by atoms with E-state index < -0.39 is 70.1 Å². The van der Waals surface area contributed by atoms with Crippen LogP contribution in [0.2, 0.25) is 0 Å². The first-order chi connectivity index (χ1) is 66.0. The maximum absolute atomic E-state index is 13.2. The molecule has 5 atom stereocenters. The molecule has 0 spiro atoms. The van der Waals surface area contributed by atoms with E-state index in [1.165, 1.54) is 72.8 Å². The smallest absolute Gasteiger partial charge is 0.390 e. The van der Waals surface area contributed by atoms with Crippen molar-refractivity contribution in [3.63, 3.8) is 0 Å². The van der Waals surface area contributed by atoms with Crippen molar-refractivity contribution >= 4 is 41.4 Å². The Hall–Kier alpha value is -9.45. The fourth-order valence-corrected chi connectivity index (χ4v) is 20.5. The van der Waals surface area contributed by atoms with Crippen LogP contribution in [0.25, 0.3) is 0 Å². The van der Waals surface area contributed by atoms with Crippen LogP contribution in [-0.2, 0) is 37.6 Å². The first-order valence-electron chi connectivity index (χ1n) is 49.5. The Morgan fingerprint density at radius 1 is 0.280 bits per heavy atom. The maximum Gasteiger partial charge on any atom is 0.421 e. The summed E-state index contributed by atoms with van der Waals surface area (Å²) in [4.78, 5) is 97.6. The summed E-state index contributed by atoms with van der Waals surface area (Å²) in [6, 6.07) is 28.6. The molecule has 0 heterocycles. The van der Waals surface area contributed by atoms with Crippen molar-refractivity contribution in [2.45, 2.75) is 412 Å². The van der Waals surface area contributed by atoms with Crippen LogP contribution >= 0.6 is 0 Å². The van der Waals surface area contributed by atoms with E-state index in [0.29, 0.717) is 107 Å². The van der Waals surface area contributed by atoms with Crippen molar-refractivity contribution in [3.05, 3.63) is 177 Å². The summed E-state index contributed by atoms with van der Waals surface area (Å²) >= 11 is 0. The Morgan fingerprint density at radius 3 is 0.552 bits per heavy atom. The molecule has 37 heteroatoms. The third kappa shape index (κ3) is 27.9. The summed E-state index contributed by atoms with van der Waals surface area (Å²) in [6.45, 7) is 13.3. The second-order valence-electron chi connectivity index (χ2n) is 44.2. The lowest BCUT2D eigenvalue weighted by molar-refractivity contribution is -0.259. The van der Waals surface area contributed by atoms with Crippen LogP contribution in [0.3, 0.4) is 0 Å². The van der Waals surface area contributed by atoms with Gasteiger partial charge in [-0.25, -0.2) is 0 Å². The molecule has 790 valence electrons. The zero-order chi connectivity index (χ0) is 106. The average molecular weight is 2030 g/mol. The number of hydrogen-bond acceptors (Lipinski definition) is 15. The number of amides is 7. The van der Waals surface area contributed by atoms with Crippen molar-refractivity contribution in [2.75, 3.05) is 0 Å². The summed E-state index contributed by atoms with van der Waals surface area (Å²) < 4.78 is 195. The van der Waals surface area contributed by atoms with Gasteiger partial charge in [-0.3, -0.25) is 33.6 Å². The molecule has 10 fully saturated rings. The minimum absolute atomic E-state index is 0.00561. The van der Waals surface area contributed by atoms with Crippen LogP contribution in [0, 0.1) is 27.6 Å². The Kier molecular flexibility index (Phi) is 34.4. The molecule has 22 nitrogen and oxygen atoms in total. The molecule has 0 bridgehead atoms. The number of hydrogen-bond donors (Lipinski definition) is 9. The molecular formula is C106H137F15N8O14. The fraction of sp³-hybridized carbons (Fsp3) is 0.642. The van der Waals surface area contributed by atoms with Gasteiger partial charge in [0.05, 0.1) is 17.3 Å². The van der Waals surface area contributed by atoms with Crippen molar-refractivity contribution in [3.8, 4) is 6.07 Å². The number of rotatable bonds is 25. The molecular weight excluding hydrogens is 1890 g/mol. The largest absolute Gasteiger partial charge is 0.421 e. The number of nitrogens with zero attached hydrogens (tertiary/aromatic N) is 6. The molecule has 5 aromatic carbocycles. The zero-order valence-electron chi connectivity index (χ0n) is 82.7. The molecule has 15 rings (SSSR count). The van der Waals surface area contributed by atoms with Crippen LogP contribution in [0.15, 0.2) is 121 Å². The van der Waals surface area contributed by atoms with E-state index in [-0.39, 0.29) is 146 Å². The van der Waals surface area contributed by atoms with Crippen LogP contribution in [0.4, 0.5) is 65.9 Å². The second-order valence-corrected chi connectivity index (χ2v) is 44.2. The predicted octanol–water partition coefficient (Wildman–Crippen LogP) is 20.2. The highest BCUT2D eigenvalue weighted by Gasteiger charge is 2.57. The van der Waals surface area contributed by atoms with Crippen molar-refractivity contribution < 1.29 is 135 Å². The fourth-order valence-electron chi connectivity index (χ4n) is 20.5. The molecule has 143 heavy (non-hydrogen) atoms. The summed E-state index contributed by atoms with van der Waals surface area (Å²) in [7, 11) is 0. The minimum Gasteiger partial charge on any atom is -0.390 e. The van der Waals surface area contributed by atoms with Gasteiger partial charge in [0.2, 0.25) is 11.8 Å². The van der Waals surface area contributed by atoms with Gasteiger partial charge in [0.25, 0.3) is 29.5 Å². The Morgan fingerprint density at radius 2 is 0.420 bits per heavy atom. The SMILES string of the molecule is CC1(CC#N)CCC(N(C(=O)c2ccc([C@](C)(O)C(F)(F)F)cc2)C2CC2)CC1.CC1(CC(N)=O)CCC(N(C(=O)c2ccc([C@](C)(O)C(F)(F)F)cc2)C2CC2)CC1.CC1(CC(N)=O)CCC(N(C(=O)c2ccc([C@](C)(O)C(F)(F)F)cc2)C2CC2)CC1.CC1(O)CCC(N(C(=O)c2ccc([C@](C)(O)C(F)(F)F)cc2)C2CC2)CC1.CC1(O)CCC(N(C(=O)c2ccc([C@](C)(O)C(F)(F)F)cc2)C2CC2)CC1. The van der Waals surface area contributed by atoms with Crippen LogP contribution in [0.1, 0.15) is 361 Å². The molecule has 0 aromatic heterocycles. The number of alkyl halides is 15. The van der Waals surface area contributed by atoms with Gasteiger partial charge in [-0.15, -0.1) is 0 Å².